The van der Waals surface area contributed by atoms with Crippen LogP contribution in [0.1, 0.15) is 13.8 Å². The van der Waals surface area contributed by atoms with Gasteiger partial charge >= 0.3 is 0 Å². The second-order valence-corrected chi connectivity index (χ2v) is 5.81. The van der Waals surface area contributed by atoms with Crippen molar-refractivity contribution in [2.45, 2.75) is 13.8 Å². The van der Waals surface area contributed by atoms with Gasteiger partial charge in [-0.05, 0) is 19.5 Å². The first kappa shape index (κ1) is 19.3. The number of hydrogen-bond acceptors (Lipinski definition) is 2. The van der Waals surface area contributed by atoms with Crippen LogP contribution in [0.3, 0.4) is 0 Å². The first-order valence-electron chi connectivity index (χ1n) is 5.69. The average molecular weight is 356 g/mol. The fourth-order valence-electron chi connectivity index (χ4n) is 1.87. The van der Waals surface area contributed by atoms with Crippen LogP contribution in [0.25, 0.3) is 0 Å². The molecule has 4 nitrogen and oxygen atoms in total. The molecule has 0 spiro atoms. The van der Waals surface area contributed by atoms with Crippen LogP contribution in [-0.2, 0) is 0 Å². The van der Waals surface area contributed by atoms with Crippen molar-refractivity contribution in [3.05, 3.63) is 0 Å². The number of halogens is 1. The van der Waals surface area contributed by atoms with Gasteiger partial charge in [0.05, 0.1) is 0 Å². The van der Waals surface area contributed by atoms with Gasteiger partial charge in [-0.15, -0.1) is 24.0 Å². The molecular weight excluding hydrogens is 327 g/mol. The van der Waals surface area contributed by atoms with Gasteiger partial charge in [0.15, 0.2) is 5.96 Å². The molecule has 0 heterocycles. The molecule has 0 aromatic carbocycles. The largest absolute Gasteiger partial charge is 0.349 e. The van der Waals surface area contributed by atoms with Crippen molar-refractivity contribution in [1.29, 1.82) is 0 Å². The van der Waals surface area contributed by atoms with Gasteiger partial charge in [0, 0.05) is 41.3 Å². The quantitative estimate of drug-likeness (QED) is 0.435. The Labute approximate surface area is 124 Å². The summed E-state index contributed by atoms with van der Waals surface area (Å²) in [6.45, 7) is 6.39. The van der Waals surface area contributed by atoms with Gasteiger partial charge in [0.2, 0.25) is 0 Å². The molecule has 0 aliphatic carbocycles. The van der Waals surface area contributed by atoms with E-state index in [0.717, 1.165) is 19.0 Å². The van der Waals surface area contributed by atoms with Gasteiger partial charge in [0.25, 0.3) is 0 Å². The molecule has 0 saturated heterocycles. The monoisotopic (exact) mass is 356 g/mol. The maximum Gasteiger partial charge on any atom is 0.195 e. The smallest absolute Gasteiger partial charge is 0.195 e. The molecule has 0 saturated carbocycles. The van der Waals surface area contributed by atoms with E-state index in [-0.39, 0.29) is 29.4 Å². The van der Waals surface area contributed by atoms with Crippen LogP contribution < -0.4 is 0 Å². The summed E-state index contributed by atoms with van der Waals surface area (Å²) >= 11 is 0. The molecule has 104 valence electrons. The summed E-state index contributed by atoms with van der Waals surface area (Å²) in [6.07, 6.45) is 0. The zero-order valence-electron chi connectivity index (χ0n) is 12.6. The van der Waals surface area contributed by atoms with Crippen LogP contribution in [0.5, 0.6) is 0 Å². The van der Waals surface area contributed by atoms with E-state index in [9.17, 15) is 0 Å². The SMILES string of the molecule is CN(C)CC(C)(C)CN=C(N(C)C)N(C)C.I. The molecule has 17 heavy (non-hydrogen) atoms. The Bertz CT molecular complexity index is 225. The van der Waals surface area contributed by atoms with E-state index in [0.29, 0.717) is 0 Å². The molecule has 0 radical (unpaired) electrons. The number of hydrogen-bond donors (Lipinski definition) is 0. The maximum absolute atomic E-state index is 4.69. The molecule has 0 rings (SSSR count). The van der Waals surface area contributed by atoms with E-state index in [1.165, 1.54) is 0 Å². The summed E-state index contributed by atoms with van der Waals surface area (Å²) in [7, 11) is 12.3. The van der Waals surface area contributed by atoms with Crippen molar-refractivity contribution in [2.75, 3.05) is 55.4 Å². The van der Waals surface area contributed by atoms with Crippen molar-refractivity contribution >= 4 is 29.9 Å². The minimum Gasteiger partial charge on any atom is -0.349 e. The molecule has 5 heteroatoms. The Hall–Kier alpha value is -0.0400. The number of nitrogens with zero attached hydrogens (tertiary/aromatic N) is 4. The summed E-state index contributed by atoms with van der Waals surface area (Å²) in [4.78, 5) is 11.0. The third-order valence-electron chi connectivity index (χ3n) is 2.19. The highest BCUT2D eigenvalue weighted by Crippen LogP contribution is 2.16. The van der Waals surface area contributed by atoms with E-state index in [1.807, 2.05) is 38.0 Å². The Morgan fingerprint density at radius 3 is 1.65 bits per heavy atom. The zero-order chi connectivity index (χ0) is 12.9. The second kappa shape index (κ2) is 8.13. The predicted octanol–water partition coefficient (Wildman–Crippen LogP) is 1.67. The van der Waals surface area contributed by atoms with Gasteiger partial charge in [-0.25, -0.2) is 0 Å². The summed E-state index contributed by atoms with van der Waals surface area (Å²) in [5.41, 5.74) is 0.209. The third-order valence-corrected chi connectivity index (χ3v) is 2.19. The van der Waals surface area contributed by atoms with Gasteiger partial charge in [-0.3, -0.25) is 4.99 Å². The van der Waals surface area contributed by atoms with E-state index in [1.54, 1.807) is 0 Å². The van der Waals surface area contributed by atoms with Crippen LogP contribution in [0.15, 0.2) is 4.99 Å². The Balaban J connectivity index is 0. The molecule has 0 N–H and O–H groups in total. The third kappa shape index (κ3) is 8.65. The van der Waals surface area contributed by atoms with Crippen LogP contribution in [0.2, 0.25) is 0 Å². The van der Waals surface area contributed by atoms with Crippen molar-refractivity contribution < 1.29 is 0 Å². The van der Waals surface area contributed by atoms with Crippen molar-refractivity contribution in [1.82, 2.24) is 14.7 Å². The van der Waals surface area contributed by atoms with Gasteiger partial charge < -0.3 is 14.7 Å². The number of rotatable bonds is 4. The Morgan fingerprint density at radius 1 is 0.941 bits per heavy atom. The average Bonchev–Trinajstić information content (AvgIpc) is 1.99. The lowest BCUT2D eigenvalue weighted by atomic mass is 9.93. The lowest BCUT2D eigenvalue weighted by molar-refractivity contribution is 0.247. The molecule has 0 aromatic heterocycles. The highest BCUT2D eigenvalue weighted by molar-refractivity contribution is 14.0. The Morgan fingerprint density at radius 2 is 1.35 bits per heavy atom. The molecule has 0 fully saturated rings. The standard InChI is InChI=1S/C12H28N4.HI/c1-12(2,10-14(3)4)9-13-11(15(5)6)16(7)8;/h9-10H2,1-8H3;1H. The van der Waals surface area contributed by atoms with Crippen LogP contribution >= 0.6 is 24.0 Å². The van der Waals surface area contributed by atoms with Crippen LogP contribution in [-0.4, -0.2) is 76.0 Å². The van der Waals surface area contributed by atoms with E-state index in [2.05, 4.69) is 37.8 Å². The summed E-state index contributed by atoms with van der Waals surface area (Å²) in [5, 5.41) is 0. The molecule has 0 atom stereocenters. The lowest BCUT2D eigenvalue weighted by Crippen LogP contribution is -2.37. The topological polar surface area (TPSA) is 22.1 Å². The molecule has 0 aliphatic heterocycles. The fourth-order valence-corrected chi connectivity index (χ4v) is 1.87. The van der Waals surface area contributed by atoms with E-state index < -0.39 is 0 Å². The van der Waals surface area contributed by atoms with Gasteiger partial charge in [-0.1, -0.05) is 13.8 Å². The molecule has 0 amide bonds. The predicted molar refractivity (Wildman–Crippen MR) is 87.4 cm³/mol. The minimum atomic E-state index is 0. The van der Waals surface area contributed by atoms with Crippen LogP contribution in [0.4, 0.5) is 0 Å². The van der Waals surface area contributed by atoms with Crippen molar-refractivity contribution in [2.24, 2.45) is 10.4 Å². The fraction of sp³-hybridized carbons (Fsp3) is 0.917. The summed E-state index contributed by atoms with van der Waals surface area (Å²) in [5.74, 6) is 1.02. The molecular formula is C12H29IN4. The van der Waals surface area contributed by atoms with Gasteiger partial charge in [-0.2, -0.15) is 0 Å². The molecule has 0 unspecified atom stereocenters. The maximum atomic E-state index is 4.69. The normalized spacial score (nSPS) is 10.9. The minimum absolute atomic E-state index is 0. The van der Waals surface area contributed by atoms with E-state index >= 15 is 0 Å². The number of guanidine groups is 1. The van der Waals surface area contributed by atoms with Crippen LogP contribution in [0, 0.1) is 5.41 Å². The first-order valence-corrected chi connectivity index (χ1v) is 5.69. The summed E-state index contributed by atoms with van der Waals surface area (Å²) in [6, 6.07) is 0. The zero-order valence-corrected chi connectivity index (χ0v) is 14.9. The molecule has 0 aliphatic rings. The van der Waals surface area contributed by atoms with Crippen molar-refractivity contribution in [3.63, 3.8) is 0 Å². The second-order valence-electron chi connectivity index (χ2n) is 5.81. The highest BCUT2D eigenvalue weighted by atomic mass is 127. The highest BCUT2D eigenvalue weighted by Gasteiger charge is 2.19. The Kier molecular flexibility index (Phi) is 9.23. The molecule has 0 bridgehead atoms. The van der Waals surface area contributed by atoms with E-state index in [4.69, 9.17) is 0 Å². The number of aliphatic imine (C=N–C) groups is 1. The van der Waals surface area contributed by atoms with Gasteiger partial charge in [0.1, 0.15) is 0 Å². The first-order chi connectivity index (χ1) is 7.15. The van der Waals surface area contributed by atoms with Crippen molar-refractivity contribution in [3.8, 4) is 0 Å². The lowest BCUT2D eigenvalue weighted by Gasteiger charge is -2.29. The molecule has 0 aromatic rings. The summed E-state index contributed by atoms with van der Waals surface area (Å²) < 4.78 is 0.